The first-order chi connectivity index (χ1) is 9.26. The quantitative estimate of drug-likeness (QED) is 0.611. The second-order valence-electron chi connectivity index (χ2n) is 4.45. The molecule has 1 heterocycles. The Hall–Kier alpha value is -1.85. The number of ether oxygens (including phenoxy) is 1. The SMILES string of the molecule is COc1ccccc1C(CCc1ccnn1C)NN. The third kappa shape index (κ3) is 3.13. The van der Waals surface area contributed by atoms with Gasteiger partial charge in [0.05, 0.1) is 7.11 Å². The van der Waals surface area contributed by atoms with Crippen molar-refractivity contribution >= 4 is 0 Å². The Kier molecular flexibility index (Phi) is 4.54. The van der Waals surface area contributed by atoms with Crippen LogP contribution in [0.4, 0.5) is 0 Å². The number of hydrogen-bond acceptors (Lipinski definition) is 4. The second-order valence-corrected chi connectivity index (χ2v) is 4.45. The Balaban J connectivity index is 2.10. The van der Waals surface area contributed by atoms with E-state index in [9.17, 15) is 0 Å². The van der Waals surface area contributed by atoms with E-state index < -0.39 is 0 Å². The number of nitrogens with one attached hydrogen (secondary N) is 1. The lowest BCUT2D eigenvalue weighted by Gasteiger charge is -2.19. The third-order valence-electron chi connectivity index (χ3n) is 3.33. The molecule has 5 nitrogen and oxygen atoms in total. The number of hydrogen-bond donors (Lipinski definition) is 2. The minimum atomic E-state index is 0.0612. The highest BCUT2D eigenvalue weighted by atomic mass is 16.5. The molecule has 0 aliphatic heterocycles. The van der Waals surface area contributed by atoms with Crippen LogP contribution in [0.15, 0.2) is 36.5 Å². The van der Waals surface area contributed by atoms with Gasteiger partial charge >= 0.3 is 0 Å². The number of aryl methyl sites for hydroxylation is 2. The van der Waals surface area contributed by atoms with Gasteiger partial charge in [-0.1, -0.05) is 18.2 Å². The van der Waals surface area contributed by atoms with E-state index in [1.165, 1.54) is 5.69 Å². The van der Waals surface area contributed by atoms with E-state index in [1.54, 1.807) is 7.11 Å². The van der Waals surface area contributed by atoms with Gasteiger partial charge in [0.2, 0.25) is 0 Å². The fourth-order valence-corrected chi connectivity index (χ4v) is 2.22. The fraction of sp³-hybridized carbons (Fsp3) is 0.357. The molecular weight excluding hydrogens is 240 g/mol. The van der Waals surface area contributed by atoms with Gasteiger partial charge < -0.3 is 4.74 Å². The molecule has 0 saturated carbocycles. The molecule has 0 bridgehead atoms. The van der Waals surface area contributed by atoms with Crippen molar-refractivity contribution in [1.82, 2.24) is 15.2 Å². The van der Waals surface area contributed by atoms with Crippen LogP contribution in [0.5, 0.6) is 5.75 Å². The topological polar surface area (TPSA) is 65.1 Å². The van der Waals surface area contributed by atoms with Crippen LogP contribution >= 0.6 is 0 Å². The molecule has 0 aliphatic carbocycles. The minimum Gasteiger partial charge on any atom is -0.496 e. The van der Waals surface area contributed by atoms with Gasteiger partial charge in [0.1, 0.15) is 5.75 Å². The number of aromatic nitrogens is 2. The molecule has 0 aliphatic rings. The highest BCUT2D eigenvalue weighted by molar-refractivity contribution is 5.35. The summed E-state index contributed by atoms with van der Waals surface area (Å²) < 4.78 is 7.26. The molecule has 1 unspecified atom stereocenters. The Labute approximate surface area is 113 Å². The average Bonchev–Trinajstić information content (AvgIpc) is 2.85. The number of nitrogens with two attached hydrogens (primary N) is 1. The van der Waals surface area contributed by atoms with Crippen molar-refractivity contribution in [3.05, 3.63) is 47.8 Å². The van der Waals surface area contributed by atoms with Gasteiger partial charge in [0.25, 0.3) is 0 Å². The van der Waals surface area contributed by atoms with E-state index >= 15 is 0 Å². The third-order valence-corrected chi connectivity index (χ3v) is 3.33. The van der Waals surface area contributed by atoms with Gasteiger partial charge in [-0.05, 0) is 25.0 Å². The lowest BCUT2D eigenvalue weighted by atomic mass is 10.0. The number of nitrogens with zero attached hydrogens (tertiary/aromatic N) is 2. The Morgan fingerprint density at radius 2 is 2.16 bits per heavy atom. The van der Waals surface area contributed by atoms with Crippen LogP contribution in [0.25, 0.3) is 0 Å². The summed E-state index contributed by atoms with van der Waals surface area (Å²) in [7, 11) is 3.62. The van der Waals surface area contributed by atoms with Crippen LogP contribution in [-0.4, -0.2) is 16.9 Å². The van der Waals surface area contributed by atoms with Crippen LogP contribution in [0.3, 0.4) is 0 Å². The van der Waals surface area contributed by atoms with E-state index in [4.69, 9.17) is 10.6 Å². The molecule has 0 amide bonds. The summed E-state index contributed by atoms with van der Waals surface area (Å²) in [6.45, 7) is 0. The van der Waals surface area contributed by atoms with Gasteiger partial charge in [-0.2, -0.15) is 5.10 Å². The van der Waals surface area contributed by atoms with E-state index in [2.05, 4.69) is 10.5 Å². The number of hydrazine groups is 1. The molecule has 0 radical (unpaired) electrons. The van der Waals surface area contributed by atoms with Crippen LogP contribution in [-0.2, 0) is 13.5 Å². The van der Waals surface area contributed by atoms with E-state index in [1.807, 2.05) is 48.3 Å². The summed E-state index contributed by atoms with van der Waals surface area (Å²) in [5.74, 6) is 6.53. The monoisotopic (exact) mass is 260 g/mol. The molecule has 1 aromatic carbocycles. The second kappa shape index (κ2) is 6.36. The molecule has 102 valence electrons. The number of rotatable bonds is 6. The molecule has 0 saturated heterocycles. The molecule has 1 aromatic heterocycles. The molecule has 0 spiro atoms. The minimum absolute atomic E-state index is 0.0612. The molecule has 19 heavy (non-hydrogen) atoms. The lowest BCUT2D eigenvalue weighted by Crippen LogP contribution is -2.28. The molecule has 1 atom stereocenters. The van der Waals surface area contributed by atoms with E-state index in [0.717, 1.165) is 24.2 Å². The van der Waals surface area contributed by atoms with Gasteiger partial charge in [0, 0.05) is 30.5 Å². The van der Waals surface area contributed by atoms with Crippen LogP contribution in [0.1, 0.15) is 23.7 Å². The van der Waals surface area contributed by atoms with Gasteiger partial charge in [-0.3, -0.25) is 16.0 Å². The molecule has 2 aromatic rings. The van der Waals surface area contributed by atoms with Crippen LogP contribution in [0, 0.1) is 0 Å². The predicted octanol–water partition coefficient (Wildman–Crippen LogP) is 1.57. The predicted molar refractivity (Wildman–Crippen MR) is 74.6 cm³/mol. The van der Waals surface area contributed by atoms with Crippen molar-refractivity contribution in [1.29, 1.82) is 0 Å². The zero-order valence-electron chi connectivity index (χ0n) is 11.3. The first kappa shape index (κ1) is 13.6. The summed E-state index contributed by atoms with van der Waals surface area (Å²) >= 11 is 0. The zero-order chi connectivity index (χ0) is 13.7. The number of benzene rings is 1. The maximum Gasteiger partial charge on any atom is 0.123 e. The van der Waals surface area contributed by atoms with Crippen molar-refractivity contribution in [2.45, 2.75) is 18.9 Å². The Bertz CT molecular complexity index is 524. The molecule has 2 rings (SSSR count). The van der Waals surface area contributed by atoms with Gasteiger partial charge in [0.15, 0.2) is 0 Å². The lowest BCUT2D eigenvalue weighted by molar-refractivity contribution is 0.395. The Morgan fingerprint density at radius 3 is 2.79 bits per heavy atom. The summed E-state index contributed by atoms with van der Waals surface area (Å²) in [5.41, 5.74) is 5.13. The number of para-hydroxylation sites is 1. The summed E-state index contributed by atoms with van der Waals surface area (Å²) in [6.07, 6.45) is 3.60. The number of methoxy groups -OCH3 is 1. The molecule has 0 fully saturated rings. The van der Waals surface area contributed by atoms with E-state index in [0.29, 0.717) is 0 Å². The van der Waals surface area contributed by atoms with E-state index in [-0.39, 0.29) is 6.04 Å². The normalized spacial score (nSPS) is 12.4. The molecule has 5 heteroatoms. The maximum absolute atomic E-state index is 5.68. The largest absolute Gasteiger partial charge is 0.496 e. The van der Waals surface area contributed by atoms with Crippen molar-refractivity contribution in [3.8, 4) is 5.75 Å². The van der Waals surface area contributed by atoms with Crippen LogP contribution < -0.4 is 16.0 Å². The van der Waals surface area contributed by atoms with Gasteiger partial charge in [-0.25, -0.2) is 0 Å². The highest BCUT2D eigenvalue weighted by Crippen LogP contribution is 2.27. The highest BCUT2D eigenvalue weighted by Gasteiger charge is 2.14. The van der Waals surface area contributed by atoms with Crippen LogP contribution in [0.2, 0.25) is 0 Å². The average molecular weight is 260 g/mol. The van der Waals surface area contributed by atoms with Gasteiger partial charge in [-0.15, -0.1) is 0 Å². The summed E-state index contributed by atoms with van der Waals surface area (Å²) in [4.78, 5) is 0. The fourth-order valence-electron chi connectivity index (χ4n) is 2.22. The standard InChI is InChI=1S/C14H20N4O/c1-18-11(9-10-16-18)7-8-13(17-15)12-5-3-4-6-14(12)19-2/h3-6,9-10,13,17H,7-8,15H2,1-2H3. The Morgan fingerprint density at radius 1 is 1.37 bits per heavy atom. The summed E-state index contributed by atoms with van der Waals surface area (Å²) in [6, 6.07) is 10.0. The first-order valence-corrected chi connectivity index (χ1v) is 6.32. The van der Waals surface area contributed by atoms with Crippen molar-refractivity contribution < 1.29 is 4.74 Å². The molecule has 3 N–H and O–H groups in total. The zero-order valence-corrected chi connectivity index (χ0v) is 11.3. The maximum atomic E-state index is 5.68. The summed E-state index contributed by atoms with van der Waals surface area (Å²) in [5, 5.41) is 4.17. The smallest absolute Gasteiger partial charge is 0.123 e. The molecular formula is C14H20N4O. The first-order valence-electron chi connectivity index (χ1n) is 6.32. The van der Waals surface area contributed by atoms with Crippen molar-refractivity contribution in [2.75, 3.05) is 7.11 Å². The van der Waals surface area contributed by atoms with Crippen molar-refractivity contribution in [3.63, 3.8) is 0 Å². The van der Waals surface area contributed by atoms with Crippen molar-refractivity contribution in [2.24, 2.45) is 12.9 Å².